The van der Waals surface area contributed by atoms with Crippen LogP contribution in [0.15, 0.2) is 156 Å². The monoisotopic (exact) mass is 681 g/mol. The minimum atomic E-state index is -0.446. The lowest BCUT2D eigenvalue weighted by atomic mass is 9.84. The molecule has 51 heavy (non-hydrogen) atoms. The Morgan fingerprint density at radius 2 is 1.51 bits per heavy atom. The van der Waals surface area contributed by atoms with Gasteiger partial charge in [0.15, 0.2) is 0 Å². The van der Waals surface area contributed by atoms with Crippen molar-refractivity contribution in [1.82, 2.24) is 10.6 Å². The first-order valence-electron chi connectivity index (χ1n) is 17.5. The molecule has 0 saturated heterocycles. The molecule has 4 N–H and O–H groups in total. The summed E-state index contributed by atoms with van der Waals surface area (Å²) in [4.78, 5) is 0. The standard InChI is InChI=1S/C45H35N3O2S/c46-44(48-45(47-26-27-10-2-1-3-11-27)35-17-9-16-34-32-13-5-7-19-41(32)51-43(34)35)29-21-23-40-37(25-29)36-24-28(20-22-39(36)49-40)30-14-8-15-33-31-12-4-6-18-38(31)50-42(30)33/h1-25,33,42,44-45,47-48H,26,46H2. The summed E-state index contributed by atoms with van der Waals surface area (Å²) in [5.74, 6) is 1.17. The van der Waals surface area contributed by atoms with Gasteiger partial charge in [0.05, 0.1) is 12.3 Å². The molecular formula is C45H35N3O2S. The molecule has 248 valence electrons. The average molecular weight is 682 g/mol. The average Bonchev–Trinajstić information content (AvgIpc) is 3.87. The van der Waals surface area contributed by atoms with Gasteiger partial charge in [-0.15, -0.1) is 11.3 Å². The summed E-state index contributed by atoms with van der Waals surface area (Å²) in [7, 11) is 0. The van der Waals surface area contributed by atoms with Crippen molar-refractivity contribution in [2.45, 2.75) is 30.9 Å². The molecule has 0 spiro atoms. The molecule has 5 nitrogen and oxygen atoms in total. The van der Waals surface area contributed by atoms with Gasteiger partial charge in [-0.25, -0.2) is 0 Å². The Hall–Kier alpha value is -5.50. The van der Waals surface area contributed by atoms with E-state index in [9.17, 15) is 0 Å². The van der Waals surface area contributed by atoms with Gasteiger partial charge in [-0.3, -0.25) is 10.6 Å². The number of nitrogens with two attached hydrogens (primary N) is 1. The summed E-state index contributed by atoms with van der Waals surface area (Å²) in [5.41, 5.74) is 15.7. The molecule has 2 aliphatic rings. The van der Waals surface area contributed by atoms with Gasteiger partial charge in [-0.1, -0.05) is 115 Å². The SMILES string of the molecule is NC(NC(NCc1ccccc1)c1cccc2c1sc1ccccc12)c1ccc2oc3ccc(C4=CC=CC5c6ccccc6OC45)cc3c2c1. The van der Waals surface area contributed by atoms with E-state index in [0.29, 0.717) is 6.54 Å². The minimum Gasteiger partial charge on any atom is -0.484 e. The summed E-state index contributed by atoms with van der Waals surface area (Å²) in [6.07, 6.45) is 5.89. The van der Waals surface area contributed by atoms with Crippen molar-refractivity contribution < 1.29 is 9.15 Å². The molecule has 10 rings (SSSR count). The lowest BCUT2D eigenvalue weighted by Gasteiger charge is -2.26. The van der Waals surface area contributed by atoms with Crippen LogP contribution >= 0.6 is 11.3 Å². The zero-order valence-electron chi connectivity index (χ0n) is 27.8. The number of hydrogen-bond acceptors (Lipinski definition) is 6. The van der Waals surface area contributed by atoms with Crippen LogP contribution < -0.4 is 21.1 Å². The maximum Gasteiger partial charge on any atom is 0.135 e. The van der Waals surface area contributed by atoms with E-state index in [-0.39, 0.29) is 18.2 Å². The second-order valence-electron chi connectivity index (χ2n) is 13.4. The van der Waals surface area contributed by atoms with Gasteiger partial charge in [0.2, 0.25) is 0 Å². The minimum absolute atomic E-state index is 0.0538. The summed E-state index contributed by atoms with van der Waals surface area (Å²) in [6, 6.07) is 46.8. The van der Waals surface area contributed by atoms with E-state index in [1.807, 2.05) is 29.5 Å². The van der Waals surface area contributed by atoms with E-state index >= 15 is 0 Å². The second-order valence-corrected chi connectivity index (χ2v) is 14.5. The summed E-state index contributed by atoms with van der Waals surface area (Å²) in [5, 5.41) is 12.2. The molecule has 2 aromatic heterocycles. The normalized spacial score (nSPS) is 17.8. The van der Waals surface area contributed by atoms with Crippen molar-refractivity contribution in [3.8, 4) is 5.75 Å². The van der Waals surface area contributed by atoms with E-state index in [1.54, 1.807) is 0 Å². The molecule has 0 fully saturated rings. The van der Waals surface area contributed by atoms with Crippen molar-refractivity contribution in [2.75, 3.05) is 0 Å². The number of benzene rings is 6. The molecule has 0 radical (unpaired) electrons. The molecule has 8 aromatic rings. The molecule has 4 atom stereocenters. The summed E-state index contributed by atoms with van der Waals surface area (Å²) in [6.45, 7) is 0.697. The highest BCUT2D eigenvalue weighted by atomic mass is 32.1. The van der Waals surface area contributed by atoms with Crippen LogP contribution in [0.2, 0.25) is 0 Å². The summed E-state index contributed by atoms with van der Waals surface area (Å²) < 4.78 is 15.4. The van der Waals surface area contributed by atoms with Gasteiger partial charge < -0.3 is 14.9 Å². The maximum absolute atomic E-state index is 7.06. The lowest BCUT2D eigenvalue weighted by molar-refractivity contribution is 0.278. The molecule has 6 heteroatoms. The Bertz CT molecular complexity index is 2650. The number of allylic oxidation sites excluding steroid dienone is 2. The van der Waals surface area contributed by atoms with E-state index < -0.39 is 6.17 Å². The largest absolute Gasteiger partial charge is 0.484 e. The zero-order valence-corrected chi connectivity index (χ0v) is 28.6. The van der Waals surface area contributed by atoms with Crippen LogP contribution in [0.5, 0.6) is 5.75 Å². The highest BCUT2D eigenvalue weighted by Gasteiger charge is 2.36. The Morgan fingerprint density at radius 3 is 2.43 bits per heavy atom. The Morgan fingerprint density at radius 1 is 0.725 bits per heavy atom. The number of ether oxygens (including phenoxy) is 1. The molecule has 1 aliphatic heterocycles. The second kappa shape index (κ2) is 12.4. The van der Waals surface area contributed by atoms with Gasteiger partial charge in [0, 0.05) is 60.1 Å². The molecule has 4 unspecified atom stereocenters. The van der Waals surface area contributed by atoms with E-state index in [2.05, 4.69) is 144 Å². The topological polar surface area (TPSA) is 72.5 Å². The van der Waals surface area contributed by atoms with Crippen LogP contribution in [-0.2, 0) is 6.54 Å². The number of thiophene rings is 1. The first-order valence-corrected chi connectivity index (χ1v) is 18.3. The number of hydrogen-bond donors (Lipinski definition) is 3. The smallest absolute Gasteiger partial charge is 0.135 e. The van der Waals surface area contributed by atoms with Crippen LogP contribution in [-0.4, -0.2) is 6.10 Å². The molecule has 0 bridgehead atoms. The number of rotatable bonds is 8. The predicted molar refractivity (Wildman–Crippen MR) is 210 cm³/mol. The Labute approximate surface area is 299 Å². The van der Waals surface area contributed by atoms with E-state index in [1.165, 1.54) is 42.4 Å². The van der Waals surface area contributed by atoms with Gasteiger partial charge >= 0.3 is 0 Å². The molecule has 3 heterocycles. The van der Waals surface area contributed by atoms with Crippen molar-refractivity contribution in [3.63, 3.8) is 0 Å². The van der Waals surface area contributed by atoms with Crippen LogP contribution in [0, 0.1) is 0 Å². The fourth-order valence-electron chi connectivity index (χ4n) is 7.85. The van der Waals surface area contributed by atoms with Crippen LogP contribution in [0.25, 0.3) is 47.7 Å². The highest BCUT2D eigenvalue weighted by Crippen LogP contribution is 2.46. The van der Waals surface area contributed by atoms with Crippen molar-refractivity contribution in [3.05, 3.63) is 180 Å². The van der Waals surface area contributed by atoms with Gasteiger partial charge in [-0.05, 0) is 53.1 Å². The van der Waals surface area contributed by atoms with Crippen LogP contribution in [0.4, 0.5) is 0 Å². The molecular weight excluding hydrogens is 647 g/mol. The molecule has 0 saturated carbocycles. The highest BCUT2D eigenvalue weighted by molar-refractivity contribution is 7.26. The Kier molecular flexibility index (Phi) is 7.36. The van der Waals surface area contributed by atoms with Gasteiger partial charge in [0.25, 0.3) is 0 Å². The van der Waals surface area contributed by atoms with Crippen LogP contribution in [0.3, 0.4) is 0 Å². The van der Waals surface area contributed by atoms with Crippen LogP contribution in [0.1, 0.15) is 46.1 Å². The molecule has 0 amide bonds. The lowest BCUT2D eigenvalue weighted by Crippen LogP contribution is -2.39. The van der Waals surface area contributed by atoms with Crippen molar-refractivity contribution >= 4 is 59.0 Å². The third-order valence-corrected chi connectivity index (χ3v) is 11.6. The number of fused-ring (bicyclic) bond motifs is 9. The number of furan rings is 1. The fraction of sp³-hybridized carbons (Fsp3) is 0.111. The van der Waals surface area contributed by atoms with Crippen molar-refractivity contribution in [1.29, 1.82) is 0 Å². The number of nitrogens with one attached hydrogen (secondary N) is 2. The van der Waals surface area contributed by atoms with E-state index in [0.717, 1.165) is 38.8 Å². The Balaban J connectivity index is 0.993. The first kappa shape index (κ1) is 30.3. The third kappa shape index (κ3) is 5.27. The first-order chi connectivity index (χ1) is 25.2. The quantitative estimate of drug-likeness (QED) is 0.139. The molecule has 6 aromatic carbocycles. The van der Waals surface area contributed by atoms with Gasteiger partial charge in [0.1, 0.15) is 23.0 Å². The van der Waals surface area contributed by atoms with E-state index in [4.69, 9.17) is 14.9 Å². The predicted octanol–water partition coefficient (Wildman–Crippen LogP) is 10.5. The third-order valence-electron chi connectivity index (χ3n) is 10.4. The number of para-hydroxylation sites is 1. The zero-order chi connectivity index (χ0) is 33.9. The fourth-order valence-corrected chi connectivity index (χ4v) is 9.09. The van der Waals surface area contributed by atoms with Gasteiger partial charge in [-0.2, -0.15) is 0 Å². The maximum atomic E-state index is 7.06. The van der Waals surface area contributed by atoms with Crippen molar-refractivity contribution in [2.24, 2.45) is 5.73 Å². The molecule has 1 aliphatic carbocycles. The summed E-state index contributed by atoms with van der Waals surface area (Å²) >= 11 is 1.83.